The summed E-state index contributed by atoms with van der Waals surface area (Å²) in [6.45, 7) is 2.29. The molecule has 2 rings (SSSR count). The van der Waals surface area contributed by atoms with Gasteiger partial charge in [0.15, 0.2) is 5.82 Å². The van der Waals surface area contributed by atoms with Crippen LogP contribution in [-0.4, -0.2) is 25.1 Å². The molecule has 0 aliphatic heterocycles. The van der Waals surface area contributed by atoms with Crippen LogP contribution in [0.1, 0.15) is 45.4 Å². The Bertz CT molecular complexity index is 381. The van der Waals surface area contributed by atoms with Gasteiger partial charge in [-0.2, -0.15) is 0 Å². The molecule has 0 unspecified atom stereocenters. The molecule has 1 aromatic rings. The van der Waals surface area contributed by atoms with Crippen LogP contribution >= 0.6 is 0 Å². The second kappa shape index (κ2) is 6.78. The zero-order valence-corrected chi connectivity index (χ0v) is 12.5. The molecule has 0 atom stereocenters. The SMILES string of the molecule is CCCC1CCC(Nc2cccnc2N(C)C)CC1. The van der Waals surface area contributed by atoms with E-state index >= 15 is 0 Å². The first-order valence-electron chi connectivity index (χ1n) is 7.59. The van der Waals surface area contributed by atoms with Crippen LogP contribution in [0.15, 0.2) is 18.3 Å². The summed E-state index contributed by atoms with van der Waals surface area (Å²) in [5, 5.41) is 3.69. The van der Waals surface area contributed by atoms with Crippen molar-refractivity contribution in [2.75, 3.05) is 24.3 Å². The Morgan fingerprint density at radius 3 is 2.63 bits per heavy atom. The molecule has 0 spiro atoms. The fourth-order valence-electron chi connectivity index (χ4n) is 3.09. The van der Waals surface area contributed by atoms with E-state index in [0.717, 1.165) is 11.7 Å². The quantitative estimate of drug-likeness (QED) is 0.870. The first-order chi connectivity index (χ1) is 9.20. The van der Waals surface area contributed by atoms with Crippen LogP contribution in [-0.2, 0) is 0 Å². The van der Waals surface area contributed by atoms with Crippen molar-refractivity contribution in [1.29, 1.82) is 0 Å². The fourth-order valence-corrected chi connectivity index (χ4v) is 3.09. The highest BCUT2D eigenvalue weighted by molar-refractivity contribution is 5.65. The average Bonchev–Trinajstić information content (AvgIpc) is 2.42. The van der Waals surface area contributed by atoms with E-state index in [1.54, 1.807) is 0 Å². The Hall–Kier alpha value is -1.25. The molecular weight excluding hydrogens is 234 g/mol. The van der Waals surface area contributed by atoms with E-state index in [1.807, 2.05) is 26.4 Å². The molecule has 3 heteroatoms. The molecule has 1 heterocycles. The lowest BCUT2D eigenvalue weighted by molar-refractivity contribution is 0.319. The third-order valence-electron chi connectivity index (χ3n) is 4.11. The molecule has 0 saturated heterocycles. The number of aromatic nitrogens is 1. The Balaban J connectivity index is 1.92. The second-order valence-corrected chi connectivity index (χ2v) is 5.92. The molecule has 0 bridgehead atoms. The first-order valence-corrected chi connectivity index (χ1v) is 7.59. The number of nitrogens with one attached hydrogen (secondary N) is 1. The molecule has 1 fully saturated rings. The van der Waals surface area contributed by atoms with Gasteiger partial charge in [0.05, 0.1) is 5.69 Å². The van der Waals surface area contributed by atoms with Crippen molar-refractivity contribution in [3.8, 4) is 0 Å². The Labute approximate surface area is 117 Å². The number of anilines is 2. The molecule has 1 aromatic heterocycles. The third kappa shape index (κ3) is 3.85. The van der Waals surface area contributed by atoms with E-state index in [1.165, 1.54) is 44.2 Å². The normalized spacial score (nSPS) is 23.1. The van der Waals surface area contributed by atoms with Crippen molar-refractivity contribution in [2.45, 2.75) is 51.5 Å². The molecule has 1 N–H and O–H groups in total. The molecule has 0 amide bonds. The number of nitrogens with zero attached hydrogens (tertiary/aromatic N) is 2. The van der Waals surface area contributed by atoms with Crippen molar-refractivity contribution in [1.82, 2.24) is 4.98 Å². The van der Waals surface area contributed by atoms with Crippen LogP contribution in [0.25, 0.3) is 0 Å². The van der Waals surface area contributed by atoms with Crippen molar-refractivity contribution >= 4 is 11.5 Å². The van der Waals surface area contributed by atoms with Gasteiger partial charge in [0, 0.05) is 26.3 Å². The predicted molar refractivity (Wildman–Crippen MR) is 82.8 cm³/mol. The molecule has 106 valence electrons. The summed E-state index contributed by atoms with van der Waals surface area (Å²) in [7, 11) is 4.09. The van der Waals surface area contributed by atoms with E-state index < -0.39 is 0 Å². The minimum Gasteiger partial charge on any atom is -0.379 e. The second-order valence-electron chi connectivity index (χ2n) is 5.92. The van der Waals surface area contributed by atoms with Crippen molar-refractivity contribution in [3.63, 3.8) is 0 Å². The maximum Gasteiger partial charge on any atom is 0.151 e. The maximum absolute atomic E-state index is 4.45. The molecule has 3 nitrogen and oxygen atoms in total. The van der Waals surface area contributed by atoms with E-state index in [9.17, 15) is 0 Å². The predicted octanol–water partition coefficient (Wildman–Crippen LogP) is 3.92. The monoisotopic (exact) mass is 261 g/mol. The Morgan fingerprint density at radius 2 is 2.00 bits per heavy atom. The minimum absolute atomic E-state index is 0.621. The van der Waals surface area contributed by atoms with Gasteiger partial charge in [-0.1, -0.05) is 19.8 Å². The lowest BCUT2D eigenvalue weighted by atomic mass is 9.83. The van der Waals surface area contributed by atoms with Gasteiger partial charge in [-0.3, -0.25) is 0 Å². The highest BCUT2D eigenvalue weighted by Crippen LogP contribution is 2.31. The Kier molecular flexibility index (Phi) is 5.06. The summed E-state index contributed by atoms with van der Waals surface area (Å²) in [4.78, 5) is 6.53. The summed E-state index contributed by atoms with van der Waals surface area (Å²) < 4.78 is 0. The fraction of sp³-hybridized carbons (Fsp3) is 0.688. The van der Waals surface area contributed by atoms with Gasteiger partial charge in [0.2, 0.25) is 0 Å². The molecule has 0 radical (unpaired) electrons. The van der Waals surface area contributed by atoms with Crippen molar-refractivity contribution in [2.24, 2.45) is 5.92 Å². The number of hydrogen-bond acceptors (Lipinski definition) is 3. The lowest BCUT2D eigenvalue weighted by Crippen LogP contribution is -2.27. The molecular formula is C16H27N3. The molecule has 19 heavy (non-hydrogen) atoms. The summed E-state index contributed by atoms with van der Waals surface area (Å²) >= 11 is 0. The molecule has 0 aromatic carbocycles. The highest BCUT2D eigenvalue weighted by Gasteiger charge is 2.21. The van der Waals surface area contributed by atoms with Crippen LogP contribution in [0.5, 0.6) is 0 Å². The van der Waals surface area contributed by atoms with Gasteiger partial charge < -0.3 is 10.2 Å². The highest BCUT2D eigenvalue weighted by atomic mass is 15.2. The van der Waals surface area contributed by atoms with Crippen molar-refractivity contribution in [3.05, 3.63) is 18.3 Å². The summed E-state index contributed by atoms with van der Waals surface area (Å²) in [5.41, 5.74) is 1.17. The van der Waals surface area contributed by atoms with Gasteiger partial charge in [0.25, 0.3) is 0 Å². The Morgan fingerprint density at radius 1 is 1.26 bits per heavy atom. The zero-order chi connectivity index (χ0) is 13.7. The van der Waals surface area contributed by atoms with Crippen LogP contribution in [0.2, 0.25) is 0 Å². The van der Waals surface area contributed by atoms with E-state index in [0.29, 0.717) is 6.04 Å². The number of hydrogen-bond donors (Lipinski definition) is 1. The standard InChI is InChI=1S/C16H27N3/c1-4-6-13-8-10-14(11-9-13)18-15-7-5-12-17-16(15)19(2)3/h5,7,12-14,18H,4,6,8-11H2,1-3H3. The minimum atomic E-state index is 0.621. The molecule has 1 aliphatic carbocycles. The van der Waals surface area contributed by atoms with E-state index in [-0.39, 0.29) is 0 Å². The molecule has 1 aliphatic rings. The first kappa shape index (κ1) is 14.2. The summed E-state index contributed by atoms with van der Waals surface area (Å²) in [6, 6.07) is 4.77. The largest absolute Gasteiger partial charge is 0.379 e. The third-order valence-corrected chi connectivity index (χ3v) is 4.11. The summed E-state index contributed by atoms with van der Waals surface area (Å²) in [6.07, 6.45) is 9.95. The number of rotatable bonds is 5. The number of pyridine rings is 1. The van der Waals surface area contributed by atoms with Gasteiger partial charge in [0.1, 0.15) is 0 Å². The van der Waals surface area contributed by atoms with Gasteiger partial charge in [-0.25, -0.2) is 4.98 Å². The van der Waals surface area contributed by atoms with Crippen LogP contribution in [0, 0.1) is 5.92 Å². The van der Waals surface area contributed by atoms with Gasteiger partial charge in [-0.15, -0.1) is 0 Å². The zero-order valence-electron chi connectivity index (χ0n) is 12.5. The van der Waals surface area contributed by atoms with E-state index in [2.05, 4.69) is 28.2 Å². The van der Waals surface area contributed by atoms with E-state index in [4.69, 9.17) is 0 Å². The topological polar surface area (TPSA) is 28.2 Å². The van der Waals surface area contributed by atoms with Gasteiger partial charge in [-0.05, 0) is 43.7 Å². The van der Waals surface area contributed by atoms with Gasteiger partial charge >= 0.3 is 0 Å². The van der Waals surface area contributed by atoms with Crippen LogP contribution in [0.4, 0.5) is 11.5 Å². The maximum atomic E-state index is 4.45. The summed E-state index contributed by atoms with van der Waals surface area (Å²) in [5.74, 6) is 2.00. The van der Waals surface area contributed by atoms with Crippen LogP contribution in [0.3, 0.4) is 0 Å². The smallest absolute Gasteiger partial charge is 0.151 e. The lowest BCUT2D eigenvalue weighted by Gasteiger charge is -2.30. The van der Waals surface area contributed by atoms with Crippen LogP contribution < -0.4 is 10.2 Å². The average molecular weight is 261 g/mol. The van der Waals surface area contributed by atoms with Crippen molar-refractivity contribution < 1.29 is 0 Å². The molecule has 1 saturated carbocycles.